The lowest BCUT2D eigenvalue weighted by Gasteiger charge is -2.08. The Labute approximate surface area is 142 Å². The molecule has 1 aromatic heterocycles. The van der Waals surface area contributed by atoms with Gasteiger partial charge in [-0.3, -0.25) is 4.79 Å². The maximum absolute atomic E-state index is 12.1. The topological polar surface area (TPSA) is 88.4 Å². The van der Waals surface area contributed by atoms with Crippen molar-refractivity contribution < 1.29 is 17.6 Å². The van der Waals surface area contributed by atoms with Crippen LogP contribution in [-0.4, -0.2) is 27.4 Å². The van der Waals surface area contributed by atoms with Crippen LogP contribution in [0.2, 0.25) is 0 Å². The zero-order chi connectivity index (χ0) is 17.7. The second-order valence-corrected chi connectivity index (χ2v) is 7.41. The molecule has 0 radical (unpaired) electrons. The lowest BCUT2D eigenvalue weighted by Crippen LogP contribution is -2.30. The molecule has 130 valence electrons. The van der Waals surface area contributed by atoms with Gasteiger partial charge >= 0.3 is 0 Å². The number of furan rings is 1. The van der Waals surface area contributed by atoms with Gasteiger partial charge in [0.15, 0.2) is 0 Å². The largest absolute Gasteiger partial charge is 0.466 e. The summed E-state index contributed by atoms with van der Waals surface area (Å²) in [5, 5.41) is 2.75. The van der Waals surface area contributed by atoms with Crippen molar-refractivity contribution in [3.05, 3.63) is 53.0 Å². The minimum Gasteiger partial charge on any atom is -0.466 e. The normalized spacial score (nSPS) is 11.5. The van der Waals surface area contributed by atoms with Crippen LogP contribution in [0.1, 0.15) is 33.9 Å². The second kappa shape index (κ2) is 7.63. The summed E-state index contributed by atoms with van der Waals surface area (Å²) >= 11 is 0. The Morgan fingerprint density at radius 1 is 1.08 bits per heavy atom. The second-order valence-electron chi connectivity index (χ2n) is 5.65. The number of nitrogens with one attached hydrogen (secondary N) is 2. The van der Waals surface area contributed by atoms with Crippen molar-refractivity contribution in [1.82, 2.24) is 10.0 Å². The highest BCUT2D eigenvalue weighted by Gasteiger charge is 2.14. The lowest BCUT2D eigenvalue weighted by atomic mass is 10.2. The first-order valence-electron chi connectivity index (χ1n) is 7.71. The first-order valence-corrected chi connectivity index (χ1v) is 9.19. The standard InChI is InChI=1S/C17H22N2O4S/c1-12-5-7-15(8-6-12)24(21,22)19-10-4-9-18-17(20)16-11-13(2)23-14(16)3/h5-8,11,19H,4,9-10H2,1-3H3,(H,18,20). The number of aryl methyl sites for hydroxylation is 3. The zero-order valence-electron chi connectivity index (χ0n) is 14.0. The molecule has 6 nitrogen and oxygen atoms in total. The molecule has 0 aliphatic carbocycles. The van der Waals surface area contributed by atoms with E-state index in [0.29, 0.717) is 30.0 Å². The molecule has 0 bridgehead atoms. The predicted octanol–water partition coefficient (Wildman–Crippen LogP) is 2.30. The molecule has 0 spiro atoms. The molecule has 0 aliphatic rings. The molecule has 1 amide bonds. The number of rotatable bonds is 7. The molecule has 0 saturated heterocycles. The zero-order valence-corrected chi connectivity index (χ0v) is 14.9. The first-order chi connectivity index (χ1) is 11.3. The maximum Gasteiger partial charge on any atom is 0.254 e. The number of carbonyl (C=O) groups is 1. The van der Waals surface area contributed by atoms with Gasteiger partial charge in [0.25, 0.3) is 5.91 Å². The van der Waals surface area contributed by atoms with Gasteiger partial charge in [-0.05, 0) is 45.4 Å². The average molecular weight is 350 g/mol. The fourth-order valence-corrected chi connectivity index (χ4v) is 3.32. The Hall–Kier alpha value is -2.12. The van der Waals surface area contributed by atoms with Crippen LogP contribution < -0.4 is 10.0 Å². The van der Waals surface area contributed by atoms with E-state index in [4.69, 9.17) is 4.42 Å². The fourth-order valence-electron chi connectivity index (χ4n) is 2.25. The molecule has 0 aliphatic heterocycles. The molecule has 2 N–H and O–H groups in total. The number of amides is 1. The van der Waals surface area contributed by atoms with Crippen LogP contribution in [0, 0.1) is 20.8 Å². The van der Waals surface area contributed by atoms with Crippen molar-refractivity contribution >= 4 is 15.9 Å². The van der Waals surface area contributed by atoms with E-state index in [0.717, 1.165) is 5.56 Å². The molecule has 24 heavy (non-hydrogen) atoms. The Kier molecular flexibility index (Phi) is 5.80. The Morgan fingerprint density at radius 2 is 1.75 bits per heavy atom. The highest BCUT2D eigenvalue weighted by molar-refractivity contribution is 7.89. The predicted molar refractivity (Wildman–Crippen MR) is 91.5 cm³/mol. The molecule has 7 heteroatoms. The summed E-state index contributed by atoms with van der Waals surface area (Å²) in [6, 6.07) is 8.34. The third-order valence-corrected chi connectivity index (χ3v) is 5.03. The van der Waals surface area contributed by atoms with E-state index < -0.39 is 10.0 Å². The highest BCUT2D eigenvalue weighted by Crippen LogP contribution is 2.13. The molecule has 2 rings (SSSR count). The summed E-state index contributed by atoms with van der Waals surface area (Å²) in [6.07, 6.45) is 0.493. The monoisotopic (exact) mass is 350 g/mol. The smallest absolute Gasteiger partial charge is 0.254 e. The van der Waals surface area contributed by atoms with Crippen LogP contribution in [-0.2, 0) is 10.0 Å². The Morgan fingerprint density at radius 3 is 2.33 bits per heavy atom. The van der Waals surface area contributed by atoms with E-state index in [9.17, 15) is 13.2 Å². The molecule has 2 aromatic rings. The molecule has 1 heterocycles. The van der Waals surface area contributed by atoms with Gasteiger partial charge in [0.05, 0.1) is 10.5 Å². The Balaban J connectivity index is 1.77. The summed E-state index contributed by atoms with van der Waals surface area (Å²) in [5.74, 6) is 1.04. The number of hydrogen-bond donors (Lipinski definition) is 2. The highest BCUT2D eigenvalue weighted by atomic mass is 32.2. The van der Waals surface area contributed by atoms with Crippen LogP contribution >= 0.6 is 0 Å². The Bertz CT molecular complexity index is 808. The van der Waals surface area contributed by atoms with Crippen LogP contribution in [0.15, 0.2) is 39.6 Å². The van der Waals surface area contributed by atoms with Crippen LogP contribution in [0.5, 0.6) is 0 Å². The number of benzene rings is 1. The van der Waals surface area contributed by atoms with Crippen molar-refractivity contribution in [3.8, 4) is 0 Å². The molecular weight excluding hydrogens is 328 g/mol. The van der Waals surface area contributed by atoms with Gasteiger partial charge in [0, 0.05) is 13.1 Å². The summed E-state index contributed by atoms with van der Waals surface area (Å²) in [4.78, 5) is 12.2. The van der Waals surface area contributed by atoms with Gasteiger partial charge in [-0.25, -0.2) is 13.1 Å². The van der Waals surface area contributed by atoms with Gasteiger partial charge in [-0.15, -0.1) is 0 Å². The summed E-state index contributed by atoms with van der Waals surface area (Å²) in [7, 11) is -3.51. The van der Waals surface area contributed by atoms with Crippen LogP contribution in [0.4, 0.5) is 0 Å². The molecule has 0 fully saturated rings. The maximum atomic E-state index is 12.1. The SMILES string of the molecule is Cc1ccc(S(=O)(=O)NCCCNC(=O)c2cc(C)oc2C)cc1. The van der Waals surface area contributed by atoms with Crippen molar-refractivity contribution in [3.63, 3.8) is 0 Å². The van der Waals surface area contributed by atoms with Crippen molar-refractivity contribution in [2.24, 2.45) is 0 Å². The van der Waals surface area contributed by atoms with Crippen LogP contribution in [0.25, 0.3) is 0 Å². The van der Waals surface area contributed by atoms with Gasteiger partial charge in [0.1, 0.15) is 11.5 Å². The van der Waals surface area contributed by atoms with Crippen molar-refractivity contribution in [2.75, 3.05) is 13.1 Å². The minimum absolute atomic E-state index is 0.217. The number of sulfonamides is 1. The molecule has 0 atom stereocenters. The van der Waals surface area contributed by atoms with Gasteiger partial charge in [-0.2, -0.15) is 0 Å². The third kappa shape index (κ3) is 4.69. The third-order valence-electron chi connectivity index (χ3n) is 3.55. The fraction of sp³-hybridized carbons (Fsp3) is 0.353. The lowest BCUT2D eigenvalue weighted by molar-refractivity contribution is 0.0952. The van der Waals surface area contributed by atoms with Crippen molar-refractivity contribution in [2.45, 2.75) is 32.1 Å². The average Bonchev–Trinajstić information content (AvgIpc) is 2.86. The van der Waals surface area contributed by atoms with E-state index in [-0.39, 0.29) is 17.3 Å². The minimum atomic E-state index is -3.51. The molecule has 1 aromatic carbocycles. The summed E-state index contributed by atoms with van der Waals surface area (Å²) < 4.78 is 32.0. The van der Waals surface area contributed by atoms with Crippen LogP contribution in [0.3, 0.4) is 0 Å². The number of carbonyl (C=O) groups excluding carboxylic acids is 1. The number of hydrogen-bond acceptors (Lipinski definition) is 4. The van der Waals surface area contributed by atoms with E-state index in [2.05, 4.69) is 10.0 Å². The van der Waals surface area contributed by atoms with Crippen molar-refractivity contribution in [1.29, 1.82) is 0 Å². The van der Waals surface area contributed by atoms with E-state index in [1.165, 1.54) is 0 Å². The quantitative estimate of drug-likeness (QED) is 0.750. The summed E-state index contributed by atoms with van der Waals surface area (Å²) in [5.41, 5.74) is 1.51. The van der Waals surface area contributed by atoms with E-state index >= 15 is 0 Å². The van der Waals surface area contributed by atoms with Gasteiger partial charge < -0.3 is 9.73 Å². The van der Waals surface area contributed by atoms with Gasteiger partial charge in [-0.1, -0.05) is 17.7 Å². The van der Waals surface area contributed by atoms with E-state index in [1.807, 2.05) is 6.92 Å². The molecular formula is C17H22N2O4S. The van der Waals surface area contributed by atoms with Gasteiger partial charge in [0.2, 0.25) is 10.0 Å². The summed E-state index contributed by atoms with van der Waals surface area (Å²) in [6.45, 7) is 6.04. The molecule has 0 unspecified atom stereocenters. The first kappa shape index (κ1) is 18.2. The molecule has 0 saturated carbocycles. The van der Waals surface area contributed by atoms with E-state index in [1.54, 1.807) is 44.2 Å².